The first-order chi connectivity index (χ1) is 6.02. The normalized spacial score (nSPS) is 11.8. The van der Waals surface area contributed by atoms with E-state index >= 15 is 0 Å². The molecule has 0 bridgehead atoms. The molecule has 0 aliphatic rings. The van der Waals surface area contributed by atoms with Gasteiger partial charge in [0.15, 0.2) is 0 Å². The zero-order valence-electron chi connectivity index (χ0n) is 7.48. The highest BCUT2D eigenvalue weighted by Crippen LogP contribution is 2.08. The maximum Gasteiger partial charge on any atom is 0.314 e. The van der Waals surface area contributed by atoms with Crippen molar-refractivity contribution in [3.8, 4) is 0 Å². The van der Waals surface area contributed by atoms with Crippen molar-refractivity contribution in [2.75, 3.05) is 0 Å². The summed E-state index contributed by atoms with van der Waals surface area (Å²) in [4.78, 5) is 35.4. The van der Waals surface area contributed by atoms with Gasteiger partial charge in [-0.2, -0.15) is 0 Å². The van der Waals surface area contributed by atoms with E-state index in [9.17, 15) is 19.7 Å². The summed E-state index contributed by atoms with van der Waals surface area (Å²) in [6.07, 6.45) is 0.394. The SMILES string of the molecule is CCC(=O)C(CC)C(=O)O[N+](=O)[O-]. The van der Waals surface area contributed by atoms with Crippen LogP contribution in [-0.4, -0.2) is 16.8 Å². The lowest BCUT2D eigenvalue weighted by Gasteiger charge is -2.08. The predicted molar refractivity (Wildman–Crippen MR) is 42.2 cm³/mol. The van der Waals surface area contributed by atoms with Crippen molar-refractivity contribution in [2.24, 2.45) is 5.92 Å². The second-order valence-electron chi connectivity index (χ2n) is 2.41. The van der Waals surface area contributed by atoms with Crippen molar-refractivity contribution in [1.29, 1.82) is 0 Å². The maximum atomic E-state index is 11.0. The van der Waals surface area contributed by atoms with Gasteiger partial charge in [0.25, 0.3) is 0 Å². The molecule has 0 amide bonds. The molecule has 0 heterocycles. The van der Waals surface area contributed by atoms with Crippen LogP contribution in [-0.2, 0) is 14.4 Å². The molecule has 13 heavy (non-hydrogen) atoms. The van der Waals surface area contributed by atoms with E-state index in [4.69, 9.17) is 0 Å². The van der Waals surface area contributed by atoms with Gasteiger partial charge in [0.1, 0.15) is 11.7 Å². The van der Waals surface area contributed by atoms with E-state index in [0.29, 0.717) is 0 Å². The molecular formula is C7H11NO5. The smallest absolute Gasteiger partial charge is 0.299 e. The second kappa shape index (κ2) is 5.23. The van der Waals surface area contributed by atoms with Crippen LogP contribution in [0.5, 0.6) is 0 Å². The zero-order valence-corrected chi connectivity index (χ0v) is 7.48. The highest BCUT2D eigenvalue weighted by Gasteiger charge is 2.25. The van der Waals surface area contributed by atoms with Crippen LogP contribution in [0.1, 0.15) is 26.7 Å². The zero-order chi connectivity index (χ0) is 10.4. The van der Waals surface area contributed by atoms with Crippen molar-refractivity contribution < 1.29 is 19.5 Å². The quantitative estimate of drug-likeness (QED) is 0.361. The van der Waals surface area contributed by atoms with Gasteiger partial charge in [-0.3, -0.25) is 9.59 Å². The lowest BCUT2D eigenvalue weighted by molar-refractivity contribution is -0.730. The Balaban J connectivity index is 4.31. The van der Waals surface area contributed by atoms with Gasteiger partial charge >= 0.3 is 11.1 Å². The van der Waals surface area contributed by atoms with E-state index in [1.807, 2.05) is 0 Å². The number of carbonyl (C=O) groups excluding carboxylic acids is 2. The minimum atomic E-state index is -1.20. The Labute approximate surface area is 75.0 Å². The molecule has 0 rings (SSSR count). The largest absolute Gasteiger partial charge is 0.314 e. The molecule has 0 aliphatic carbocycles. The lowest BCUT2D eigenvalue weighted by Crippen LogP contribution is -2.26. The highest BCUT2D eigenvalue weighted by molar-refractivity contribution is 5.98. The van der Waals surface area contributed by atoms with Crippen LogP contribution in [0.25, 0.3) is 0 Å². The average molecular weight is 189 g/mol. The number of carbonyl (C=O) groups is 2. The van der Waals surface area contributed by atoms with Gasteiger partial charge in [-0.25, -0.2) is 4.84 Å². The molecule has 1 atom stereocenters. The van der Waals surface area contributed by atoms with Crippen LogP contribution in [0, 0.1) is 16.0 Å². The molecule has 1 unspecified atom stereocenters. The van der Waals surface area contributed by atoms with Gasteiger partial charge in [-0.05, 0) is 6.42 Å². The van der Waals surface area contributed by atoms with Crippen molar-refractivity contribution in [3.05, 3.63) is 10.1 Å². The van der Waals surface area contributed by atoms with E-state index in [1.165, 1.54) is 0 Å². The van der Waals surface area contributed by atoms with Crippen LogP contribution in [0.15, 0.2) is 0 Å². The lowest BCUT2D eigenvalue weighted by atomic mass is 10.00. The van der Waals surface area contributed by atoms with Crippen LogP contribution in [0.2, 0.25) is 0 Å². The Morgan fingerprint density at radius 1 is 1.46 bits per heavy atom. The summed E-state index contributed by atoms with van der Waals surface area (Å²) in [7, 11) is 0. The topological polar surface area (TPSA) is 86.5 Å². The predicted octanol–water partition coefficient (Wildman–Crippen LogP) is 0.727. The van der Waals surface area contributed by atoms with Gasteiger partial charge < -0.3 is 0 Å². The molecule has 0 aromatic carbocycles. The summed E-state index contributed by atoms with van der Waals surface area (Å²) in [5, 5.41) is 8.59. The average Bonchev–Trinajstić information content (AvgIpc) is 2.03. The number of hydrogen-bond donors (Lipinski definition) is 0. The monoisotopic (exact) mass is 189 g/mol. The summed E-state index contributed by atoms with van der Waals surface area (Å²) in [6.45, 7) is 3.18. The fourth-order valence-corrected chi connectivity index (χ4v) is 0.909. The molecule has 0 N–H and O–H groups in total. The molecule has 6 heteroatoms. The Morgan fingerprint density at radius 3 is 2.31 bits per heavy atom. The number of nitrogens with zero attached hydrogens (tertiary/aromatic N) is 1. The Hall–Kier alpha value is -1.46. The summed E-state index contributed by atoms with van der Waals surface area (Å²) in [6, 6.07) is 0. The number of rotatable bonds is 5. The van der Waals surface area contributed by atoms with Gasteiger partial charge in [-0.1, -0.05) is 13.8 Å². The molecule has 0 spiro atoms. The number of ketones is 1. The summed E-state index contributed by atoms with van der Waals surface area (Å²) >= 11 is 0. The summed E-state index contributed by atoms with van der Waals surface area (Å²) in [5.74, 6) is -2.43. The first-order valence-electron chi connectivity index (χ1n) is 3.91. The first kappa shape index (κ1) is 11.5. The van der Waals surface area contributed by atoms with Gasteiger partial charge in [0, 0.05) is 6.42 Å². The van der Waals surface area contributed by atoms with Crippen LogP contribution in [0.3, 0.4) is 0 Å². The summed E-state index contributed by atoms with van der Waals surface area (Å²) in [5.41, 5.74) is 0. The minimum absolute atomic E-state index is 0.172. The van der Waals surface area contributed by atoms with E-state index in [2.05, 4.69) is 4.84 Å². The van der Waals surface area contributed by atoms with E-state index in [1.54, 1.807) is 13.8 Å². The van der Waals surface area contributed by atoms with Crippen LogP contribution < -0.4 is 0 Å². The first-order valence-corrected chi connectivity index (χ1v) is 3.91. The molecule has 0 fully saturated rings. The third-order valence-electron chi connectivity index (χ3n) is 1.59. The highest BCUT2D eigenvalue weighted by atomic mass is 17.0. The minimum Gasteiger partial charge on any atom is -0.299 e. The molecule has 6 nitrogen and oxygen atoms in total. The third kappa shape index (κ3) is 3.64. The fourth-order valence-electron chi connectivity index (χ4n) is 0.909. The van der Waals surface area contributed by atoms with Gasteiger partial charge in [-0.15, -0.1) is 10.1 Å². The van der Waals surface area contributed by atoms with Crippen molar-refractivity contribution >= 4 is 11.8 Å². The Morgan fingerprint density at radius 2 is 2.00 bits per heavy atom. The maximum absolute atomic E-state index is 11.0. The molecule has 0 aromatic rings. The van der Waals surface area contributed by atoms with Gasteiger partial charge in [0.2, 0.25) is 0 Å². The molecular weight excluding hydrogens is 178 g/mol. The van der Waals surface area contributed by atoms with E-state index < -0.39 is 17.0 Å². The fraction of sp³-hybridized carbons (Fsp3) is 0.714. The third-order valence-corrected chi connectivity index (χ3v) is 1.59. The molecule has 0 aliphatic heterocycles. The van der Waals surface area contributed by atoms with E-state index in [0.717, 1.165) is 0 Å². The summed E-state index contributed by atoms with van der Waals surface area (Å²) < 4.78 is 0. The molecule has 74 valence electrons. The second-order valence-corrected chi connectivity index (χ2v) is 2.41. The Kier molecular flexibility index (Phi) is 4.64. The van der Waals surface area contributed by atoms with Crippen molar-refractivity contribution in [1.82, 2.24) is 0 Å². The van der Waals surface area contributed by atoms with Crippen LogP contribution in [0.4, 0.5) is 0 Å². The standard InChI is InChI=1S/C7H11NO5/c1-3-5(6(9)4-2)7(10)13-8(11)12/h5H,3-4H2,1-2H3. The van der Waals surface area contributed by atoms with Gasteiger partial charge in [0.05, 0.1) is 0 Å². The molecule has 0 saturated carbocycles. The molecule has 0 radical (unpaired) electrons. The molecule has 0 aromatic heterocycles. The van der Waals surface area contributed by atoms with Crippen molar-refractivity contribution in [2.45, 2.75) is 26.7 Å². The van der Waals surface area contributed by atoms with Crippen molar-refractivity contribution in [3.63, 3.8) is 0 Å². The van der Waals surface area contributed by atoms with E-state index in [-0.39, 0.29) is 18.6 Å². The Bertz CT molecular complexity index is 225. The number of hydrogen-bond acceptors (Lipinski definition) is 5. The van der Waals surface area contributed by atoms with Crippen LogP contribution >= 0.6 is 0 Å². The number of Topliss-reactive ketones (excluding diaryl/α,β-unsaturated/α-hetero) is 1. The molecule has 0 saturated heterocycles.